The Bertz CT molecular complexity index is 774. The van der Waals surface area contributed by atoms with E-state index in [-0.39, 0.29) is 0 Å². The number of aryl methyl sites for hydroxylation is 1. The monoisotopic (exact) mass is 385 g/mol. The summed E-state index contributed by atoms with van der Waals surface area (Å²) in [5.74, 6) is 2.53. The van der Waals surface area contributed by atoms with Gasteiger partial charge in [-0.15, -0.1) is 0 Å². The van der Waals surface area contributed by atoms with Crippen molar-refractivity contribution in [3.8, 4) is 17.1 Å². The zero-order valence-electron chi connectivity index (χ0n) is 18.5. The van der Waals surface area contributed by atoms with E-state index in [0.29, 0.717) is 24.2 Å². The number of aromatic nitrogens is 3. The molecule has 6 nitrogen and oxygen atoms in total. The Morgan fingerprint density at radius 2 is 1.82 bits per heavy atom. The van der Waals surface area contributed by atoms with Gasteiger partial charge in [0.05, 0.1) is 18.0 Å². The van der Waals surface area contributed by atoms with Crippen LogP contribution < -0.4 is 15.0 Å². The Kier molecular flexibility index (Phi) is 8.03. The molecule has 1 N–H and O–H groups in total. The van der Waals surface area contributed by atoms with E-state index in [9.17, 15) is 0 Å². The van der Waals surface area contributed by atoms with Gasteiger partial charge in [-0.2, -0.15) is 0 Å². The summed E-state index contributed by atoms with van der Waals surface area (Å²) in [6, 6.07) is 4.20. The average molecular weight is 386 g/mol. The largest absolute Gasteiger partial charge is 0.475 e. The molecule has 0 aromatic carbocycles. The first kappa shape index (κ1) is 21.9. The van der Waals surface area contributed by atoms with E-state index in [0.717, 1.165) is 47.7 Å². The normalized spacial score (nSPS) is 11.0. The molecule has 0 aliphatic rings. The minimum atomic E-state index is 0.372. The van der Waals surface area contributed by atoms with Gasteiger partial charge >= 0.3 is 0 Å². The lowest BCUT2D eigenvalue weighted by molar-refractivity contribution is 0.294. The summed E-state index contributed by atoms with van der Waals surface area (Å²) >= 11 is 0. The van der Waals surface area contributed by atoms with Gasteiger partial charge in [0.25, 0.3) is 5.88 Å². The molecule has 154 valence electrons. The van der Waals surface area contributed by atoms with E-state index < -0.39 is 0 Å². The molecular weight excluding hydrogens is 350 g/mol. The maximum absolute atomic E-state index is 5.93. The maximum Gasteiger partial charge on any atom is 0.257 e. The van der Waals surface area contributed by atoms with Gasteiger partial charge in [-0.3, -0.25) is 0 Å². The molecule has 0 spiro atoms. The third kappa shape index (κ3) is 5.12. The van der Waals surface area contributed by atoms with Gasteiger partial charge in [0, 0.05) is 32.4 Å². The first-order valence-electron chi connectivity index (χ1n) is 10.3. The van der Waals surface area contributed by atoms with Gasteiger partial charge < -0.3 is 15.0 Å². The lowest BCUT2D eigenvalue weighted by Crippen LogP contribution is -2.15. The van der Waals surface area contributed by atoms with Crippen LogP contribution in [0.15, 0.2) is 12.1 Å². The third-order valence-electron chi connectivity index (χ3n) is 4.66. The highest BCUT2D eigenvalue weighted by Crippen LogP contribution is 2.34. The molecule has 2 heterocycles. The van der Waals surface area contributed by atoms with Crippen molar-refractivity contribution in [3.63, 3.8) is 0 Å². The van der Waals surface area contributed by atoms with Crippen molar-refractivity contribution in [2.24, 2.45) is 0 Å². The maximum atomic E-state index is 5.93. The van der Waals surface area contributed by atoms with Crippen LogP contribution in [0.25, 0.3) is 11.3 Å². The Labute approximate surface area is 169 Å². The van der Waals surface area contributed by atoms with E-state index in [4.69, 9.17) is 19.7 Å². The van der Waals surface area contributed by atoms with Crippen molar-refractivity contribution in [1.82, 2.24) is 15.0 Å². The molecule has 0 amide bonds. The van der Waals surface area contributed by atoms with Crippen LogP contribution in [0.2, 0.25) is 0 Å². The summed E-state index contributed by atoms with van der Waals surface area (Å²) in [6.45, 7) is 9.25. The molecule has 2 aromatic rings. The summed E-state index contributed by atoms with van der Waals surface area (Å²) in [5.41, 5.74) is 3.85. The quantitative estimate of drug-likeness (QED) is 0.587. The van der Waals surface area contributed by atoms with Crippen LogP contribution in [0.1, 0.15) is 64.3 Å². The molecule has 0 fully saturated rings. The highest BCUT2D eigenvalue weighted by atomic mass is 16.5. The molecular formula is C22H35N5O. The first-order valence-corrected chi connectivity index (χ1v) is 10.3. The average Bonchev–Trinajstić information content (AvgIpc) is 2.70. The van der Waals surface area contributed by atoms with Crippen LogP contribution >= 0.6 is 0 Å². The molecule has 0 bridgehead atoms. The lowest BCUT2D eigenvalue weighted by Gasteiger charge is -2.20. The molecule has 28 heavy (non-hydrogen) atoms. The number of ether oxygens (including phenoxy) is 1. The summed E-state index contributed by atoms with van der Waals surface area (Å²) in [5, 5.41) is 3.14. The number of unbranched alkanes of at least 4 members (excludes halogenated alkanes) is 2. The molecule has 0 radical (unpaired) electrons. The first-order chi connectivity index (χ1) is 13.4. The van der Waals surface area contributed by atoms with E-state index in [2.05, 4.69) is 45.1 Å². The molecule has 0 atom stereocenters. The fourth-order valence-electron chi connectivity index (χ4n) is 3.01. The van der Waals surface area contributed by atoms with E-state index in [1.165, 1.54) is 6.42 Å². The SMILES string of the molecule is CCCCCOc1nc(CC)c(-c2ccc(C(C)C)nc2N(C)C)nc1NC. The standard InChI is InChI=1S/C22H35N5O/c1-8-10-11-14-28-22-20(23-5)26-19(17(9-2)25-22)16-12-13-18(15(3)4)24-21(16)27(6)7/h12-13,15H,8-11,14H2,1-7H3,(H,23,26). The molecule has 6 heteroatoms. The minimum Gasteiger partial charge on any atom is -0.475 e. The molecule has 0 aliphatic heterocycles. The molecule has 0 saturated heterocycles. The topological polar surface area (TPSA) is 63.2 Å². The van der Waals surface area contributed by atoms with Crippen molar-refractivity contribution in [3.05, 3.63) is 23.5 Å². The van der Waals surface area contributed by atoms with Crippen molar-refractivity contribution < 1.29 is 4.74 Å². The number of rotatable bonds is 10. The zero-order chi connectivity index (χ0) is 20.7. The molecule has 2 aromatic heterocycles. The zero-order valence-corrected chi connectivity index (χ0v) is 18.5. The second-order valence-electron chi connectivity index (χ2n) is 7.49. The highest BCUT2D eigenvalue weighted by molar-refractivity contribution is 5.76. The number of hydrogen-bond acceptors (Lipinski definition) is 6. The number of hydrogen-bond donors (Lipinski definition) is 1. The molecule has 2 rings (SSSR count). The fraction of sp³-hybridized carbons (Fsp3) is 0.591. The number of nitrogens with one attached hydrogen (secondary N) is 1. The second-order valence-corrected chi connectivity index (χ2v) is 7.49. The van der Waals surface area contributed by atoms with Crippen molar-refractivity contribution in [2.45, 2.75) is 59.3 Å². The van der Waals surface area contributed by atoms with Crippen molar-refractivity contribution in [1.29, 1.82) is 0 Å². The van der Waals surface area contributed by atoms with Crippen molar-refractivity contribution in [2.75, 3.05) is 38.0 Å². The van der Waals surface area contributed by atoms with Crippen LogP contribution in [-0.4, -0.2) is 42.7 Å². The van der Waals surface area contributed by atoms with Gasteiger partial charge in [0.2, 0.25) is 0 Å². The van der Waals surface area contributed by atoms with Gasteiger partial charge in [-0.25, -0.2) is 15.0 Å². The smallest absolute Gasteiger partial charge is 0.257 e. The van der Waals surface area contributed by atoms with Crippen LogP contribution in [0.3, 0.4) is 0 Å². The third-order valence-corrected chi connectivity index (χ3v) is 4.66. The summed E-state index contributed by atoms with van der Waals surface area (Å²) < 4.78 is 5.93. The Hall–Kier alpha value is -2.37. The summed E-state index contributed by atoms with van der Waals surface area (Å²) in [4.78, 5) is 16.6. The van der Waals surface area contributed by atoms with Crippen LogP contribution in [0.5, 0.6) is 5.88 Å². The van der Waals surface area contributed by atoms with Gasteiger partial charge in [0.1, 0.15) is 5.82 Å². The Morgan fingerprint density at radius 1 is 1.07 bits per heavy atom. The van der Waals surface area contributed by atoms with Crippen LogP contribution in [0.4, 0.5) is 11.6 Å². The van der Waals surface area contributed by atoms with Gasteiger partial charge in [-0.1, -0.05) is 40.5 Å². The van der Waals surface area contributed by atoms with Gasteiger partial charge in [-0.05, 0) is 30.9 Å². The molecule has 0 aliphatic carbocycles. The molecule has 0 saturated carbocycles. The summed E-state index contributed by atoms with van der Waals surface area (Å²) in [6.07, 6.45) is 4.12. The Balaban J connectivity index is 2.50. The predicted molar refractivity (Wildman–Crippen MR) is 118 cm³/mol. The number of anilines is 2. The molecule has 0 unspecified atom stereocenters. The number of pyridine rings is 1. The highest BCUT2D eigenvalue weighted by Gasteiger charge is 2.19. The fourth-order valence-corrected chi connectivity index (χ4v) is 3.01. The summed E-state index contributed by atoms with van der Waals surface area (Å²) in [7, 11) is 5.88. The van der Waals surface area contributed by atoms with E-state index in [1.54, 1.807) is 0 Å². The second kappa shape index (κ2) is 10.2. The van der Waals surface area contributed by atoms with Gasteiger partial charge in [0.15, 0.2) is 5.82 Å². The van der Waals surface area contributed by atoms with E-state index in [1.807, 2.05) is 26.0 Å². The minimum absolute atomic E-state index is 0.372. The lowest BCUT2D eigenvalue weighted by atomic mass is 10.0. The Morgan fingerprint density at radius 3 is 2.39 bits per heavy atom. The van der Waals surface area contributed by atoms with Crippen molar-refractivity contribution >= 4 is 11.6 Å². The van der Waals surface area contributed by atoms with E-state index >= 15 is 0 Å². The van der Waals surface area contributed by atoms with Crippen LogP contribution in [0, 0.1) is 0 Å². The number of nitrogens with zero attached hydrogens (tertiary/aromatic N) is 4. The predicted octanol–water partition coefficient (Wildman–Crippen LogP) is 4.90. The van der Waals surface area contributed by atoms with Crippen LogP contribution in [-0.2, 0) is 6.42 Å².